The molecule has 0 saturated heterocycles. The topological polar surface area (TPSA) is 40.7 Å². The molecule has 0 heterocycles. The number of rotatable bonds is 7. The summed E-state index contributed by atoms with van der Waals surface area (Å²) in [7, 11) is 1.63. The van der Waals surface area contributed by atoms with Crippen LogP contribution in [-0.4, -0.2) is 12.6 Å². The average Bonchev–Trinajstić information content (AvgIpc) is 2.33. The van der Waals surface area contributed by atoms with Gasteiger partial charge in [-0.05, 0) is 18.1 Å². The van der Waals surface area contributed by atoms with Gasteiger partial charge in [0, 0.05) is 0 Å². The Bertz CT molecular complexity index is 189. The maximum absolute atomic E-state index is 4.72. The van der Waals surface area contributed by atoms with Crippen molar-refractivity contribution in [3.8, 4) is 0 Å². The molecule has 2 nitrogen and oxygen atoms in total. The summed E-state index contributed by atoms with van der Waals surface area (Å²) in [5.74, 6) is 0. The van der Waals surface area contributed by atoms with Gasteiger partial charge in [0.1, 0.15) is 0 Å². The van der Waals surface area contributed by atoms with E-state index < -0.39 is 0 Å². The van der Waals surface area contributed by atoms with Crippen molar-refractivity contribution < 1.29 is 10.2 Å². The number of hydrogen-bond donors (Lipinski definition) is 0. The maximum Gasteiger partial charge on any atom is 0.0824 e. The van der Waals surface area contributed by atoms with E-state index in [1.54, 1.807) is 13.4 Å². The van der Waals surface area contributed by atoms with Gasteiger partial charge < -0.3 is 10.2 Å². The lowest BCUT2D eigenvalue weighted by Gasteiger charge is -1.90. The first-order valence-corrected chi connectivity index (χ1v) is 6.27. The molecule has 0 aliphatic heterocycles. The molecule has 0 aromatic rings. The van der Waals surface area contributed by atoms with Gasteiger partial charge >= 0.3 is 0 Å². The molecule has 0 aliphatic carbocycles. The second kappa shape index (κ2) is 20.4. The van der Waals surface area contributed by atoms with Gasteiger partial charge in [-0.25, -0.2) is 0 Å². The third kappa shape index (κ3) is 20.9. The lowest BCUT2D eigenvalue weighted by Crippen LogP contribution is -1.70. The Morgan fingerprint density at radius 3 is 1.94 bits per heavy atom. The highest BCUT2D eigenvalue weighted by molar-refractivity contribution is 5.20. The van der Waals surface area contributed by atoms with Gasteiger partial charge in [-0.3, -0.25) is 0 Å². The first-order valence-electron chi connectivity index (χ1n) is 6.27. The van der Waals surface area contributed by atoms with Crippen LogP contribution in [0, 0.1) is 0 Å². The molecule has 2 N–H and O–H groups in total. The van der Waals surface area contributed by atoms with Crippen LogP contribution in [0.4, 0.5) is 0 Å². The van der Waals surface area contributed by atoms with Crippen molar-refractivity contribution in [2.24, 2.45) is 0 Å². The molecule has 0 unspecified atom stereocenters. The summed E-state index contributed by atoms with van der Waals surface area (Å²) >= 11 is 0. The Labute approximate surface area is 107 Å². The van der Waals surface area contributed by atoms with Crippen LogP contribution < -0.4 is 0 Å². The largest absolute Gasteiger partial charge is 0.504 e. The zero-order valence-corrected chi connectivity index (χ0v) is 12.0. The molecule has 0 aliphatic rings. The van der Waals surface area contributed by atoms with Crippen LogP contribution in [0.2, 0.25) is 0 Å². The summed E-state index contributed by atoms with van der Waals surface area (Å²) in [5.41, 5.74) is 1.22. The first-order chi connectivity index (χ1) is 7.76. The fourth-order valence-electron chi connectivity index (χ4n) is 1.07. The summed E-state index contributed by atoms with van der Waals surface area (Å²) < 4.78 is 4.72. The van der Waals surface area contributed by atoms with E-state index in [0.717, 1.165) is 6.42 Å². The van der Waals surface area contributed by atoms with Gasteiger partial charge in [-0.2, -0.15) is 0 Å². The standard InChI is InChI=1S/C9H14O.C6H14.H2O/c1-4-9(5-2)7-6-8-10-3;1-3-5-6-4-2;/h4,6-8H,1,5H2,2-3H3;3-6H2,1-2H3;1H2/b8-6-,9-7+;;. The van der Waals surface area contributed by atoms with Crippen LogP contribution in [0.25, 0.3) is 0 Å². The predicted octanol–water partition coefficient (Wildman–Crippen LogP) is 4.43. The fourth-order valence-corrected chi connectivity index (χ4v) is 1.07. The minimum Gasteiger partial charge on any atom is -0.504 e. The van der Waals surface area contributed by atoms with Crippen LogP contribution in [0.15, 0.2) is 36.6 Å². The van der Waals surface area contributed by atoms with Crippen LogP contribution in [0.1, 0.15) is 52.9 Å². The van der Waals surface area contributed by atoms with Gasteiger partial charge in [0.2, 0.25) is 0 Å². The van der Waals surface area contributed by atoms with Gasteiger partial charge in [0.15, 0.2) is 0 Å². The molecular weight excluding hydrogens is 212 g/mol. The van der Waals surface area contributed by atoms with E-state index in [-0.39, 0.29) is 5.48 Å². The van der Waals surface area contributed by atoms with Crippen LogP contribution in [0.5, 0.6) is 0 Å². The Hall–Kier alpha value is -1.02. The predicted molar refractivity (Wildman–Crippen MR) is 78.1 cm³/mol. The number of methoxy groups -OCH3 is 1. The summed E-state index contributed by atoms with van der Waals surface area (Å²) in [6, 6.07) is 0. The second-order valence-electron chi connectivity index (χ2n) is 3.57. The first kappa shape index (κ1) is 21.3. The van der Waals surface area contributed by atoms with Crippen LogP contribution >= 0.6 is 0 Å². The van der Waals surface area contributed by atoms with E-state index >= 15 is 0 Å². The van der Waals surface area contributed by atoms with Gasteiger partial charge in [0.25, 0.3) is 0 Å². The lowest BCUT2D eigenvalue weighted by atomic mass is 10.2. The molecular formula is C15H30O2. The molecule has 0 aromatic carbocycles. The molecule has 17 heavy (non-hydrogen) atoms. The summed E-state index contributed by atoms with van der Waals surface area (Å²) in [6.45, 7) is 10.2. The van der Waals surface area contributed by atoms with E-state index in [1.807, 2.05) is 18.2 Å². The Morgan fingerprint density at radius 2 is 1.65 bits per heavy atom. The molecule has 0 fully saturated rings. The maximum atomic E-state index is 4.72. The molecule has 0 bridgehead atoms. The second-order valence-corrected chi connectivity index (χ2v) is 3.57. The monoisotopic (exact) mass is 242 g/mol. The van der Waals surface area contributed by atoms with Crippen LogP contribution in [-0.2, 0) is 4.74 Å². The Morgan fingerprint density at radius 1 is 1.12 bits per heavy atom. The smallest absolute Gasteiger partial charge is 0.0824 e. The molecule has 0 rings (SSSR count). The highest BCUT2D eigenvalue weighted by Gasteiger charge is 1.80. The zero-order chi connectivity index (χ0) is 12.6. The van der Waals surface area contributed by atoms with Gasteiger partial charge in [-0.1, -0.05) is 65.2 Å². The normalized spacial score (nSPS) is 10.2. The van der Waals surface area contributed by atoms with Crippen molar-refractivity contribution in [3.05, 3.63) is 36.6 Å². The highest BCUT2D eigenvalue weighted by Crippen LogP contribution is 2.00. The molecule has 0 aromatic heterocycles. The van der Waals surface area contributed by atoms with Gasteiger partial charge in [-0.15, -0.1) is 0 Å². The van der Waals surface area contributed by atoms with E-state index in [9.17, 15) is 0 Å². The lowest BCUT2D eigenvalue weighted by molar-refractivity contribution is 0.338. The molecule has 2 heteroatoms. The van der Waals surface area contributed by atoms with Crippen LogP contribution in [0.3, 0.4) is 0 Å². The minimum absolute atomic E-state index is 0. The number of hydrogen-bond acceptors (Lipinski definition) is 1. The highest BCUT2D eigenvalue weighted by atomic mass is 16.5. The summed E-state index contributed by atoms with van der Waals surface area (Å²) in [6.07, 6.45) is 13.9. The van der Waals surface area contributed by atoms with E-state index in [0.29, 0.717) is 0 Å². The minimum atomic E-state index is 0. The number of allylic oxidation sites excluding steroid dienone is 4. The third-order valence-electron chi connectivity index (χ3n) is 2.15. The fraction of sp³-hybridized carbons (Fsp3) is 0.600. The molecule has 0 atom stereocenters. The van der Waals surface area contributed by atoms with Crippen molar-refractivity contribution in [2.45, 2.75) is 52.9 Å². The van der Waals surface area contributed by atoms with Crippen molar-refractivity contribution >= 4 is 0 Å². The SMILES string of the molecule is C=C/C(=C\C=C/OC)CC.CCCCCC.O. The Balaban J connectivity index is -0.000000244. The third-order valence-corrected chi connectivity index (χ3v) is 2.15. The summed E-state index contributed by atoms with van der Waals surface area (Å²) in [4.78, 5) is 0. The summed E-state index contributed by atoms with van der Waals surface area (Å²) in [5, 5.41) is 0. The molecule has 102 valence electrons. The Kier molecular flexibility index (Phi) is 25.5. The van der Waals surface area contributed by atoms with Crippen molar-refractivity contribution in [3.63, 3.8) is 0 Å². The molecule has 0 radical (unpaired) electrons. The number of unbranched alkanes of at least 4 members (excludes halogenated alkanes) is 3. The number of ether oxygens (including phenoxy) is 1. The van der Waals surface area contributed by atoms with E-state index in [2.05, 4.69) is 27.4 Å². The zero-order valence-electron chi connectivity index (χ0n) is 12.0. The molecule has 0 saturated carbocycles. The molecule has 0 amide bonds. The average molecular weight is 242 g/mol. The van der Waals surface area contributed by atoms with E-state index in [4.69, 9.17) is 4.74 Å². The molecule has 0 spiro atoms. The van der Waals surface area contributed by atoms with Crippen molar-refractivity contribution in [2.75, 3.05) is 7.11 Å². The van der Waals surface area contributed by atoms with Crippen molar-refractivity contribution in [1.29, 1.82) is 0 Å². The van der Waals surface area contributed by atoms with Crippen molar-refractivity contribution in [1.82, 2.24) is 0 Å². The quantitative estimate of drug-likeness (QED) is 0.370. The van der Waals surface area contributed by atoms with Gasteiger partial charge in [0.05, 0.1) is 13.4 Å². The van der Waals surface area contributed by atoms with E-state index in [1.165, 1.54) is 31.3 Å².